The Morgan fingerprint density at radius 2 is 1.76 bits per heavy atom. The van der Waals surface area contributed by atoms with Crippen molar-refractivity contribution in [3.8, 4) is 0 Å². The van der Waals surface area contributed by atoms with Crippen LogP contribution in [-0.4, -0.2) is 39.2 Å². The van der Waals surface area contributed by atoms with Crippen LogP contribution in [0.25, 0.3) is 0 Å². The van der Waals surface area contributed by atoms with E-state index in [1.807, 2.05) is 0 Å². The Morgan fingerprint density at radius 1 is 1.00 bits per heavy atom. The Morgan fingerprint density at radius 3 is 2.36 bits per heavy atom. The molecule has 4 heterocycles. The highest BCUT2D eigenvalue weighted by Gasteiger charge is 2.34. The largest absolute Gasteiger partial charge is 0.354 e. The number of aromatic amines is 1. The van der Waals surface area contributed by atoms with Gasteiger partial charge in [0.2, 0.25) is 0 Å². The zero-order valence-corrected chi connectivity index (χ0v) is 13.2. The van der Waals surface area contributed by atoms with Crippen LogP contribution >= 0.6 is 0 Å². The van der Waals surface area contributed by atoms with Gasteiger partial charge in [0, 0.05) is 20.3 Å². The first kappa shape index (κ1) is 14.9. The van der Waals surface area contributed by atoms with E-state index < -0.39 is 28.9 Å². The lowest BCUT2D eigenvalue weighted by atomic mass is 10.3. The van der Waals surface area contributed by atoms with Crippen LogP contribution in [0.5, 0.6) is 0 Å². The minimum atomic E-state index is -0.937. The van der Waals surface area contributed by atoms with Gasteiger partial charge in [0.05, 0.1) is 5.69 Å². The molecule has 12 heteroatoms. The van der Waals surface area contributed by atoms with Crippen LogP contribution in [-0.2, 0) is 14.1 Å². The zero-order chi connectivity index (χ0) is 17.9. The number of hydrogen-bond donors (Lipinski definition) is 1. The normalized spacial score (nSPS) is 16.1. The molecule has 12 nitrogen and oxygen atoms in total. The molecule has 3 aromatic heterocycles. The van der Waals surface area contributed by atoms with Crippen molar-refractivity contribution < 1.29 is 0 Å². The van der Waals surface area contributed by atoms with Crippen LogP contribution in [0.3, 0.4) is 0 Å². The molecule has 0 fully saturated rings. The smallest absolute Gasteiger partial charge is 0.257 e. The molecule has 1 aliphatic heterocycles. The van der Waals surface area contributed by atoms with E-state index in [9.17, 15) is 19.2 Å². The number of aromatic nitrogens is 7. The Bertz CT molecular complexity index is 1250. The Kier molecular flexibility index (Phi) is 2.91. The van der Waals surface area contributed by atoms with Gasteiger partial charge < -0.3 is 0 Å². The Hall–Kier alpha value is -3.70. The standard InChI is InChI=1S/C13H12N8O4/c1-17-10(22)16-19(11(17)23)9-15-8(7-5-3-4-6-14-7)20-12(24)18(2)13(25)21(9)20/h3-6,8H,1-2H3,(H,16,22). The molecule has 1 unspecified atom stereocenters. The fourth-order valence-corrected chi connectivity index (χ4v) is 2.63. The molecule has 0 radical (unpaired) electrons. The van der Waals surface area contributed by atoms with E-state index in [4.69, 9.17) is 0 Å². The summed E-state index contributed by atoms with van der Waals surface area (Å²) in [6, 6.07) is 5.05. The van der Waals surface area contributed by atoms with Gasteiger partial charge in [-0.2, -0.15) is 14.0 Å². The third kappa shape index (κ3) is 1.87. The average Bonchev–Trinajstić information content (AvgIpc) is 3.20. The summed E-state index contributed by atoms with van der Waals surface area (Å²) < 4.78 is 4.56. The Balaban J connectivity index is 2.07. The number of nitrogens with zero attached hydrogens (tertiary/aromatic N) is 7. The van der Waals surface area contributed by atoms with Gasteiger partial charge in [-0.3, -0.25) is 4.98 Å². The summed E-state index contributed by atoms with van der Waals surface area (Å²) in [5.74, 6) is -0.180. The van der Waals surface area contributed by atoms with Crippen molar-refractivity contribution in [3.63, 3.8) is 0 Å². The number of aliphatic imine (C=N–C) groups is 1. The maximum absolute atomic E-state index is 12.4. The van der Waals surface area contributed by atoms with Crippen LogP contribution in [0.4, 0.5) is 0 Å². The summed E-state index contributed by atoms with van der Waals surface area (Å²) in [5.41, 5.74) is -2.30. The van der Waals surface area contributed by atoms with Crippen LogP contribution in [0.1, 0.15) is 11.9 Å². The van der Waals surface area contributed by atoms with E-state index >= 15 is 0 Å². The van der Waals surface area contributed by atoms with Crippen molar-refractivity contribution in [1.82, 2.24) is 33.3 Å². The topological polar surface area (TPSA) is 134 Å². The molecule has 128 valence electrons. The summed E-state index contributed by atoms with van der Waals surface area (Å²) >= 11 is 0. The lowest BCUT2D eigenvalue weighted by Gasteiger charge is -2.07. The Labute approximate surface area is 137 Å². The summed E-state index contributed by atoms with van der Waals surface area (Å²) in [5, 5.41) is 2.30. The van der Waals surface area contributed by atoms with Crippen molar-refractivity contribution in [2.75, 3.05) is 0 Å². The molecule has 0 aromatic carbocycles. The molecule has 0 saturated heterocycles. The van der Waals surface area contributed by atoms with E-state index in [-0.39, 0.29) is 5.96 Å². The molecule has 25 heavy (non-hydrogen) atoms. The van der Waals surface area contributed by atoms with Gasteiger partial charge >= 0.3 is 22.8 Å². The second kappa shape index (κ2) is 4.90. The van der Waals surface area contributed by atoms with Gasteiger partial charge in [0.25, 0.3) is 5.96 Å². The van der Waals surface area contributed by atoms with E-state index in [0.29, 0.717) is 5.69 Å². The van der Waals surface area contributed by atoms with Gasteiger partial charge in [0.1, 0.15) is 0 Å². The predicted octanol–water partition coefficient (Wildman–Crippen LogP) is -2.76. The molecule has 0 amide bonds. The molecule has 1 N–H and O–H groups in total. The van der Waals surface area contributed by atoms with E-state index in [2.05, 4.69) is 15.1 Å². The molecule has 0 saturated carbocycles. The van der Waals surface area contributed by atoms with Crippen molar-refractivity contribution in [2.24, 2.45) is 19.1 Å². The van der Waals surface area contributed by atoms with Crippen LogP contribution in [0, 0.1) is 0 Å². The van der Waals surface area contributed by atoms with Crippen molar-refractivity contribution in [3.05, 3.63) is 72.0 Å². The van der Waals surface area contributed by atoms with E-state index in [1.54, 1.807) is 18.2 Å². The summed E-state index contributed by atoms with van der Waals surface area (Å²) in [4.78, 5) is 57.2. The second-order valence-electron chi connectivity index (χ2n) is 5.43. The first-order chi connectivity index (χ1) is 11.9. The maximum Gasteiger partial charge on any atom is 0.354 e. The van der Waals surface area contributed by atoms with Crippen molar-refractivity contribution >= 4 is 5.96 Å². The summed E-state index contributed by atoms with van der Waals surface area (Å²) in [6.45, 7) is 0. The van der Waals surface area contributed by atoms with E-state index in [0.717, 1.165) is 23.2 Å². The predicted molar refractivity (Wildman–Crippen MR) is 84.8 cm³/mol. The maximum atomic E-state index is 12.4. The van der Waals surface area contributed by atoms with Crippen molar-refractivity contribution in [2.45, 2.75) is 6.17 Å². The third-order valence-electron chi connectivity index (χ3n) is 3.97. The lowest BCUT2D eigenvalue weighted by molar-refractivity contribution is 0.513. The number of rotatable bonds is 1. The summed E-state index contributed by atoms with van der Waals surface area (Å²) in [7, 11) is 2.59. The van der Waals surface area contributed by atoms with Crippen LogP contribution < -0.4 is 22.8 Å². The summed E-state index contributed by atoms with van der Waals surface area (Å²) in [6.07, 6.45) is 0.587. The van der Waals surface area contributed by atoms with Crippen LogP contribution in [0.2, 0.25) is 0 Å². The molecular formula is C13H12N8O4. The SMILES string of the molecule is Cn1c(=O)[nH]n(C2=NC(c3ccccn3)n3c(=O)n(C)c(=O)n32)c1=O. The molecule has 1 atom stereocenters. The quantitative estimate of drug-likeness (QED) is 0.510. The van der Waals surface area contributed by atoms with E-state index in [1.165, 1.54) is 20.3 Å². The lowest BCUT2D eigenvalue weighted by Crippen LogP contribution is -2.39. The highest BCUT2D eigenvalue weighted by molar-refractivity contribution is 5.84. The second-order valence-corrected chi connectivity index (χ2v) is 5.43. The molecular weight excluding hydrogens is 332 g/mol. The molecule has 1 aliphatic rings. The minimum absolute atomic E-state index is 0.180. The fourth-order valence-electron chi connectivity index (χ4n) is 2.63. The number of H-pyrrole nitrogens is 1. The molecule has 0 aliphatic carbocycles. The minimum Gasteiger partial charge on any atom is -0.257 e. The zero-order valence-electron chi connectivity index (χ0n) is 13.2. The highest BCUT2D eigenvalue weighted by Crippen LogP contribution is 2.19. The molecule has 0 spiro atoms. The number of nitrogens with one attached hydrogen (secondary N) is 1. The fraction of sp³-hybridized carbons (Fsp3) is 0.231. The number of hydrogen-bond acceptors (Lipinski definition) is 6. The molecule has 0 bridgehead atoms. The van der Waals surface area contributed by atoms with Gasteiger partial charge in [-0.15, -0.1) is 0 Å². The average molecular weight is 344 g/mol. The first-order valence-electron chi connectivity index (χ1n) is 7.20. The van der Waals surface area contributed by atoms with Crippen molar-refractivity contribution in [1.29, 1.82) is 0 Å². The first-order valence-corrected chi connectivity index (χ1v) is 7.20. The third-order valence-corrected chi connectivity index (χ3v) is 3.97. The van der Waals surface area contributed by atoms with Gasteiger partial charge in [-0.05, 0) is 12.1 Å². The van der Waals surface area contributed by atoms with Gasteiger partial charge in [-0.25, -0.2) is 38.4 Å². The van der Waals surface area contributed by atoms with Crippen LogP contribution in [0.15, 0.2) is 48.6 Å². The molecule has 4 rings (SSSR count). The monoisotopic (exact) mass is 344 g/mol. The number of fused-ring (bicyclic) bond motifs is 1. The van der Waals surface area contributed by atoms with Gasteiger partial charge in [0.15, 0.2) is 6.17 Å². The number of pyridine rings is 1. The van der Waals surface area contributed by atoms with Gasteiger partial charge in [-0.1, -0.05) is 6.07 Å². The molecule has 3 aromatic rings. The highest BCUT2D eigenvalue weighted by atomic mass is 16.2.